The summed E-state index contributed by atoms with van der Waals surface area (Å²) in [4.78, 5) is 17.1. The predicted octanol–water partition coefficient (Wildman–Crippen LogP) is 2.01. The topological polar surface area (TPSA) is 43.8 Å². The van der Waals surface area contributed by atoms with Gasteiger partial charge in [0, 0.05) is 30.7 Å². The fraction of sp³-hybridized carbons (Fsp3) is 0.562. The van der Waals surface area contributed by atoms with E-state index in [1.165, 1.54) is 12.8 Å². The molecule has 20 heavy (non-hydrogen) atoms. The van der Waals surface area contributed by atoms with Crippen LogP contribution in [-0.4, -0.2) is 53.0 Å². The summed E-state index contributed by atoms with van der Waals surface area (Å²) in [5.74, 6) is 0.317. The monoisotopic (exact) mass is 274 g/mol. The van der Waals surface area contributed by atoms with E-state index in [9.17, 15) is 9.90 Å². The summed E-state index contributed by atoms with van der Waals surface area (Å²) >= 11 is 0. The first-order valence-electron chi connectivity index (χ1n) is 7.37. The summed E-state index contributed by atoms with van der Waals surface area (Å²) in [6, 6.07) is 6.13. The lowest BCUT2D eigenvalue weighted by Gasteiger charge is -2.26. The van der Waals surface area contributed by atoms with Gasteiger partial charge in [-0.25, -0.2) is 0 Å². The molecule has 2 saturated heterocycles. The van der Waals surface area contributed by atoms with Gasteiger partial charge in [-0.3, -0.25) is 9.69 Å². The van der Waals surface area contributed by atoms with Crippen molar-refractivity contribution in [3.05, 3.63) is 29.3 Å². The summed E-state index contributed by atoms with van der Waals surface area (Å²) in [7, 11) is 2.18. The molecule has 1 amide bonds. The van der Waals surface area contributed by atoms with E-state index in [4.69, 9.17) is 0 Å². The number of amides is 1. The molecular weight excluding hydrogens is 252 g/mol. The zero-order chi connectivity index (χ0) is 14.3. The number of carbonyl (C=O) groups excluding carboxylic acids is 1. The highest BCUT2D eigenvalue weighted by Crippen LogP contribution is 2.29. The SMILES string of the molecule is Cc1cc(O)ccc1C(=O)N1CCC2CCC(C1)N2C. The molecule has 0 saturated carbocycles. The molecular formula is C16H22N2O2. The van der Waals surface area contributed by atoms with E-state index in [0.29, 0.717) is 17.6 Å². The number of likely N-dealkylation sites (N-methyl/N-ethyl adjacent to an activating group) is 1. The Balaban J connectivity index is 1.80. The lowest BCUT2D eigenvalue weighted by Crippen LogP contribution is -2.39. The molecule has 2 aliphatic rings. The van der Waals surface area contributed by atoms with Crippen LogP contribution in [0.2, 0.25) is 0 Å². The third-order valence-electron chi connectivity index (χ3n) is 4.88. The Morgan fingerprint density at radius 2 is 2.00 bits per heavy atom. The number of nitrogens with zero attached hydrogens (tertiary/aromatic N) is 2. The van der Waals surface area contributed by atoms with Crippen LogP contribution in [0.5, 0.6) is 5.75 Å². The van der Waals surface area contributed by atoms with Crippen LogP contribution in [0.4, 0.5) is 0 Å². The number of hydrogen-bond acceptors (Lipinski definition) is 3. The molecule has 2 atom stereocenters. The third kappa shape index (κ3) is 2.29. The van der Waals surface area contributed by atoms with Gasteiger partial charge in [-0.1, -0.05) is 0 Å². The van der Waals surface area contributed by atoms with Crippen molar-refractivity contribution in [3.8, 4) is 5.75 Å². The molecule has 0 aliphatic carbocycles. The molecule has 1 aromatic carbocycles. The van der Waals surface area contributed by atoms with E-state index in [0.717, 1.165) is 25.1 Å². The molecule has 1 aromatic rings. The number of benzene rings is 1. The zero-order valence-electron chi connectivity index (χ0n) is 12.2. The number of carbonyl (C=O) groups is 1. The first-order chi connectivity index (χ1) is 9.56. The third-order valence-corrected chi connectivity index (χ3v) is 4.88. The van der Waals surface area contributed by atoms with Gasteiger partial charge >= 0.3 is 0 Å². The predicted molar refractivity (Wildman–Crippen MR) is 77.9 cm³/mol. The molecule has 0 aromatic heterocycles. The van der Waals surface area contributed by atoms with Crippen molar-refractivity contribution < 1.29 is 9.90 Å². The highest BCUT2D eigenvalue weighted by molar-refractivity contribution is 5.95. The summed E-state index contributed by atoms with van der Waals surface area (Å²) < 4.78 is 0. The highest BCUT2D eigenvalue weighted by atomic mass is 16.3. The Morgan fingerprint density at radius 3 is 2.75 bits per heavy atom. The molecule has 2 bridgehead atoms. The second-order valence-electron chi connectivity index (χ2n) is 6.09. The second kappa shape index (κ2) is 5.09. The van der Waals surface area contributed by atoms with Crippen molar-refractivity contribution in [1.82, 2.24) is 9.80 Å². The van der Waals surface area contributed by atoms with Gasteiger partial charge in [0.05, 0.1) is 0 Å². The maximum atomic E-state index is 12.7. The molecule has 108 valence electrons. The molecule has 2 unspecified atom stereocenters. The van der Waals surface area contributed by atoms with Crippen molar-refractivity contribution in [2.75, 3.05) is 20.1 Å². The van der Waals surface area contributed by atoms with Gasteiger partial charge < -0.3 is 10.0 Å². The molecule has 4 nitrogen and oxygen atoms in total. The fourth-order valence-corrected chi connectivity index (χ4v) is 3.55. The van der Waals surface area contributed by atoms with Gasteiger partial charge in [-0.15, -0.1) is 0 Å². The highest BCUT2D eigenvalue weighted by Gasteiger charge is 2.36. The standard InChI is InChI=1S/C16H22N2O2/c1-11-9-14(19)5-6-15(11)16(20)18-8-7-12-3-4-13(10-18)17(12)2/h5-6,9,12-13,19H,3-4,7-8,10H2,1-2H3. The minimum absolute atomic E-state index is 0.100. The van der Waals surface area contributed by atoms with E-state index < -0.39 is 0 Å². The maximum Gasteiger partial charge on any atom is 0.254 e. The normalized spacial score (nSPS) is 26.6. The van der Waals surface area contributed by atoms with Crippen molar-refractivity contribution >= 4 is 5.91 Å². The molecule has 2 fully saturated rings. The number of rotatable bonds is 1. The van der Waals surface area contributed by atoms with Crippen LogP contribution in [0, 0.1) is 6.92 Å². The van der Waals surface area contributed by atoms with Crippen LogP contribution in [-0.2, 0) is 0 Å². The number of hydrogen-bond donors (Lipinski definition) is 1. The van der Waals surface area contributed by atoms with Crippen LogP contribution >= 0.6 is 0 Å². The lowest BCUT2D eigenvalue weighted by molar-refractivity contribution is 0.0739. The molecule has 1 N–H and O–H groups in total. The molecule has 0 spiro atoms. The number of phenols is 1. The second-order valence-corrected chi connectivity index (χ2v) is 6.09. The number of aromatic hydroxyl groups is 1. The lowest BCUT2D eigenvalue weighted by atomic mass is 10.0. The molecule has 3 rings (SSSR count). The van der Waals surface area contributed by atoms with Crippen molar-refractivity contribution in [1.29, 1.82) is 0 Å². The van der Waals surface area contributed by atoms with Crippen molar-refractivity contribution in [3.63, 3.8) is 0 Å². The largest absolute Gasteiger partial charge is 0.508 e. The summed E-state index contributed by atoms with van der Waals surface area (Å²) in [5.41, 5.74) is 1.56. The maximum absolute atomic E-state index is 12.7. The van der Waals surface area contributed by atoms with Crippen molar-refractivity contribution in [2.24, 2.45) is 0 Å². The minimum atomic E-state index is 0.100. The Hall–Kier alpha value is -1.55. The number of fused-ring (bicyclic) bond motifs is 2. The Bertz CT molecular complexity index is 529. The Morgan fingerprint density at radius 1 is 1.25 bits per heavy atom. The van der Waals surface area contributed by atoms with E-state index in [1.54, 1.807) is 18.2 Å². The van der Waals surface area contributed by atoms with Gasteiger partial charge in [0.15, 0.2) is 0 Å². The smallest absolute Gasteiger partial charge is 0.254 e. The number of aryl methyl sites for hydroxylation is 1. The van der Waals surface area contributed by atoms with E-state index in [1.807, 2.05) is 11.8 Å². The Kier molecular flexibility index (Phi) is 3.42. The average molecular weight is 274 g/mol. The van der Waals surface area contributed by atoms with Crippen molar-refractivity contribution in [2.45, 2.75) is 38.3 Å². The fourth-order valence-electron chi connectivity index (χ4n) is 3.55. The van der Waals surface area contributed by atoms with Crippen LogP contribution < -0.4 is 0 Å². The van der Waals surface area contributed by atoms with E-state index in [-0.39, 0.29) is 11.7 Å². The van der Waals surface area contributed by atoms with Crippen LogP contribution in [0.1, 0.15) is 35.2 Å². The Labute approximate surface area is 120 Å². The minimum Gasteiger partial charge on any atom is -0.508 e. The van der Waals surface area contributed by atoms with E-state index >= 15 is 0 Å². The summed E-state index contributed by atoms with van der Waals surface area (Å²) in [6.45, 7) is 3.54. The molecule has 2 heterocycles. The quantitative estimate of drug-likeness (QED) is 0.852. The zero-order valence-corrected chi connectivity index (χ0v) is 12.2. The van der Waals surface area contributed by atoms with Gasteiger partial charge in [-0.05, 0) is 57.0 Å². The van der Waals surface area contributed by atoms with Gasteiger partial charge in [0.25, 0.3) is 5.91 Å². The van der Waals surface area contributed by atoms with Gasteiger partial charge in [-0.2, -0.15) is 0 Å². The average Bonchev–Trinajstić information content (AvgIpc) is 2.62. The molecule has 0 radical (unpaired) electrons. The van der Waals surface area contributed by atoms with Crippen LogP contribution in [0.3, 0.4) is 0 Å². The number of likely N-dealkylation sites (tertiary alicyclic amines) is 1. The molecule has 4 heteroatoms. The first-order valence-corrected chi connectivity index (χ1v) is 7.37. The number of phenolic OH excluding ortho intramolecular Hbond substituents is 1. The van der Waals surface area contributed by atoms with Crippen LogP contribution in [0.15, 0.2) is 18.2 Å². The first kappa shape index (κ1) is 13.4. The summed E-state index contributed by atoms with van der Waals surface area (Å²) in [5, 5.41) is 9.46. The van der Waals surface area contributed by atoms with Gasteiger partial charge in [0.2, 0.25) is 0 Å². The summed E-state index contributed by atoms with van der Waals surface area (Å²) in [6.07, 6.45) is 3.52. The van der Waals surface area contributed by atoms with Gasteiger partial charge in [0.1, 0.15) is 5.75 Å². The van der Waals surface area contributed by atoms with E-state index in [2.05, 4.69) is 11.9 Å². The molecule has 2 aliphatic heterocycles. The van der Waals surface area contributed by atoms with Crippen LogP contribution in [0.25, 0.3) is 0 Å².